The lowest BCUT2D eigenvalue weighted by molar-refractivity contribution is -0.138. The average Bonchev–Trinajstić information content (AvgIpc) is 2.57. The van der Waals surface area contributed by atoms with E-state index in [0.717, 1.165) is 0 Å². The first-order chi connectivity index (χ1) is 6.65. The van der Waals surface area contributed by atoms with Gasteiger partial charge in [-0.3, -0.25) is 4.79 Å². The van der Waals surface area contributed by atoms with E-state index in [1.807, 2.05) is 14.0 Å². The van der Waals surface area contributed by atoms with E-state index in [9.17, 15) is 4.79 Å². The van der Waals surface area contributed by atoms with E-state index < -0.39 is 5.97 Å². The average molecular weight is 199 g/mol. The number of rotatable bonds is 5. The molecule has 0 aromatic rings. The number of carbonyl (C=O) groups is 1. The molecule has 3 nitrogen and oxygen atoms in total. The number of nitrogens with one attached hydrogen (secondary N) is 1. The molecule has 2 N–H and O–H groups in total. The van der Waals surface area contributed by atoms with Gasteiger partial charge in [0.15, 0.2) is 0 Å². The van der Waals surface area contributed by atoms with Crippen LogP contribution in [0.4, 0.5) is 0 Å². The minimum Gasteiger partial charge on any atom is -0.481 e. The van der Waals surface area contributed by atoms with Crippen molar-refractivity contribution in [1.29, 1.82) is 0 Å². The molecule has 1 rings (SSSR count). The summed E-state index contributed by atoms with van der Waals surface area (Å²) in [5.74, 6) is 0.241. The predicted molar refractivity (Wildman–Crippen MR) is 56.2 cm³/mol. The van der Waals surface area contributed by atoms with E-state index in [1.165, 1.54) is 25.7 Å². The van der Waals surface area contributed by atoms with Gasteiger partial charge in [-0.05, 0) is 31.7 Å². The Balaban J connectivity index is 2.46. The van der Waals surface area contributed by atoms with Crippen molar-refractivity contribution in [3.05, 3.63) is 0 Å². The van der Waals surface area contributed by atoms with Gasteiger partial charge in [0.25, 0.3) is 0 Å². The van der Waals surface area contributed by atoms with Gasteiger partial charge in [-0.2, -0.15) is 0 Å². The summed E-state index contributed by atoms with van der Waals surface area (Å²) in [4.78, 5) is 10.6. The van der Waals surface area contributed by atoms with Gasteiger partial charge in [0.1, 0.15) is 0 Å². The third-order valence-corrected chi connectivity index (χ3v) is 3.35. The van der Waals surface area contributed by atoms with E-state index in [2.05, 4.69) is 5.32 Å². The highest BCUT2D eigenvalue weighted by atomic mass is 16.4. The third-order valence-electron chi connectivity index (χ3n) is 3.35. The standard InChI is InChI=1S/C11H21NO2/c1-8(7-10(13)14)11(12-2)9-5-3-4-6-9/h8-9,11-12H,3-7H2,1-2H3,(H,13,14). The summed E-state index contributed by atoms with van der Waals surface area (Å²) in [6.07, 6.45) is 5.41. The molecule has 0 heterocycles. The lowest BCUT2D eigenvalue weighted by atomic mass is 9.86. The second kappa shape index (κ2) is 5.35. The van der Waals surface area contributed by atoms with Crippen molar-refractivity contribution in [1.82, 2.24) is 5.32 Å². The number of carboxylic acids is 1. The maximum absolute atomic E-state index is 10.6. The SMILES string of the molecule is CNC(C(C)CC(=O)O)C1CCCC1. The maximum atomic E-state index is 10.6. The molecule has 2 atom stereocenters. The third kappa shape index (κ3) is 2.98. The summed E-state index contributed by atoms with van der Waals surface area (Å²) in [5, 5.41) is 12.0. The van der Waals surface area contributed by atoms with E-state index in [1.54, 1.807) is 0 Å². The summed E-state index contributed by atoms with van der Waals surface area (Å²) in [6, 6.07) is 0.383. The van der Waals surface area contributed by atoms with Crippen LogP contribution in [0.25, 0.3) is 0 Å². The van der Waals surface area contributed by atoms with Crippen LogP contribution >= 0.6 is 0 Å². The quantitative estimate of drug-likeness (QED) is 0.710. The number of hydrogen-bond acceptors (Lipinski definition) is 2. The van der Waals surface area contributed by atoms with E-state index >= 15 is 0 Å². The first-order valence-electron chi connectivity index (χ1n) is 5.54. The van der Waals surface area contributed by atoms with Gasteiger partial charge in [0, 0.05) is 12.5 Å². The second-order valence-corrected chi connectivity index (χ2v) is 4.43. The molecule has 0 saturated heterocycles. The van der Waals surface area contributed by atoms with E-state index in [-0.39, 0.29) is 12.3 Å². The topological polar surface area (TPSA) is 49.3 Å². The van der Waals surface area contributed by atoms with E-state index in [4.69, 9.17) is 5.11 Å². The van der Waals surface area contributed by atoms with Gasteiger partial charge >= 0.3 is 5.97 Å². The number of aliphatic carboxylic acids is 1. The fourth-order valence-electron chi connectivity index (χ4n) is 2.70. The molecule has 2 unspecified atom stereocenters. The minimum atomic E-state index is -0.684. The van der Waals surface area contributed by atoms with Crippen LogP contribution in [0, 0.1) is 11.8 Å². The molecule has 14 heavy (non-hydrogen) atoms. The van der Waals surface area contributed by atoms with Crippen LogP contribution in [-0.2, 0) is 4.79 Å². The van der Waals surface area contributed by atoms with Crippen molar-refractivity contribution in [2.24, 2.45) is 11.8 Å². The zero-order valence-corrected chi connectivity index (χ0v) is 9.12. The molecule has 0 bridgehead atoms. The second-order valence-electron chi connectivity index (χ2n) is 4.43. The van der Waals surface area contributed by atoms with Crippen LogP contribution in [0.2, 0.25) is 0 Å². The lowest BCUT2D eigenvalue weighted by Gasteiger charge is -2.28. The van der Waals surface area contributed by atoms with Crippen molar-refractivity contribution in [2.75, 3.05) is 7.05 Å². The molecule has 1 fully saturated rings. The van der Waals surface area contributed by atoms with Gasteiger partial charge in [0.2, 0.25) is 0 Å². The normalized spacial score (nSPS) is 22.1. The van der Waals surface area contributed by atoms with Gasteiger partial charge in [-0.15, -0.1) is 0 Å². The molecule has 0 aromatic heterocycles. The van der Waals surface area contributed by atoms with Crippen LogP contribution in [0.3, 0.4) is 0 Å². The highest BCUT2D eigenvalue weighted by molar-refractivity contribution is 5.67. The molecule has 1 aliphatic carbocycles. The summed E-state index contributed by atoms with van der Waals surface area (Å²) in [7, 11) is 1.95. The van der Waals surface area contributed by atoms with Crippen molar-refractivity contribution >= 4 is 5.97 Å². The predicted octanol–water partition coefficient (Wildman–Crippen LogP) is 1.88. The summed E-state index contributed by atoms with van der Waals surface area (Å²) < 4.78 is 0. The zero-order valence-electron chi connectivity index (χ0n) is 9.12. The fraction of sp³-hybridized carbons (Fsp3) is 0.909. The van der Waals surface area contributed by atoms with Crippen LogP contribution in [0.5, 0.6) is 0 Å². The smallest absolute Gasteiger partial charge is 0.303 e. The Morgan fingerprint density at radius 3 is 2.50 bits per heavy atom. The fourth-order valence-corrected chi connectivity index (χ4v) is 2.70. The summed E-state index contributed by atoms with van der Waals surface area (Å²) >= 11 is 0. The number of carboxylic acid groups (broad SMARTS) is 1. The van der Waals surface area contributed by atoms with Crippen LogP contribution in [-0.4, -0.2) is 24.2 Å². The Morgan fingerprint density at radius 2 is 2.07 bits per heavy atom. The lowest BCUT2D eigenvalue weighted by Crippen LogP contribution is -2.39. The molecule has 1 aliphatic rings. The molecule has 82 valence electrons. The van der Waals surface area contributed by atoms with E-state index in [0.29, 0.717) is 12.0 Å². The molecule has 0 amide bonds. The molecule has 1 saturated carbocycles. The van der Waals surface area contributed by atoms with Crippen LogP contribution in [0.1, 0.15) is 39.0 Å². The van der Waals surface area contributed by atoms with Crippen molar-refractivity contribution < 1.29 is 9.90 Å². The summed E-state index contributed by atoms with van der Waals surface area (Å²) in [5.41, 5.74) is 0. The largest absolute Gasteiger partial charge is 0.481 e. The highest BCUT2D eigenvalue weighted by Crippen LogP contribution is 2.31. The molecular formula is C11H21NO2. The summed E-state index contributed by atoms with van der Waals surface area (Å²) in [6.45, 7) is 2.04. The Bertz CT molecular complexity index is 188. The maximum Gasteiger partial charge on any atom is 0.303 e. The Labute approximate surface area is 85.9 Å². The Kier molecular flexibility index (Phi) is 4.39. The Morgan fingerprint density at radius 1 is 1.50 bits per heavy atom. The molecule has 3 heteroatoms. The van der Waals surface area contributed by atoms with Gasteiger partial charge in [-0.1, -0.05) is 19.8 Å². The monoisotopic (exact) mass is 199 g/mol. The van der Waals surface area contributed by atoms with Gasteiger partial charge in [-0.25, -0.2) is 0 Å². The Hall–Kier alpha value is -0.570. The zero-order chi connectivity index (χ0) is 10.6. The minimum absolute atomic E-state index is 0.237. The molecule has 0 radical (unpaired) electrons. The van der Waals surface area contributed by atoms with Crippen LogP contribution < -0.4 is 5.32 Å². The first kappa shape index (κ1) is 11.5. The van der Waals surface area contributed by atoms with Gasteiger partial charge < -0.3 is 10.4 Å². The van der Waals surface area contributed by atoms with Gasteiger partial charge in [0.05, 0.1) is 0 Å². The van der Waals surface area contributed by atoms with Crippen LogP contribution in [0.15, 0.2) is 0 Å². The molecule has 0 spiro atoms. The van der Waals surface area contributed by atoms with Crippen molar-refractivity contribution in [2.45, 2.75) is 45.1 Å². The first-order valence-corrected chi connectivity index (χ1v) is 5.54. The number of hydrogen-bond donors (Lipinski definition) is 2. The highest BCUT2D eigenvalue weighted by Gasteiger charge is 2.28. The molecule has 0 aliphatic heterocycles. The van der Waals surface area contributed by atoms with Crippen molar-refractivity contribution in [3.63, 3.8) is 0 Å². The molecular weight excluding hydrogens is 178 g/mol. The van der Waals surface area contributed by atoms with Crippen molar-refractivity contribution in [3.8, 4) is 0 Å². The molecule has 0 aromatic carbocycles.